The lowest BCUT2D eigenvalue weighted by Gasteiger charge is -2.38. The summed E-state index contributed by atoms with van der Waals surface area (Å²) < 4.78 is 5.97. The maximum absolute atomic E-state index is 13.7. The Balaban J connectivity index is 1.73. The zero-order chi connectivity index (χ0) is 27.1. The van der Waals surface area contributed by atoms with Crippen LogP contribution in [-0.4, -0.2) is 74.2 Å². The van der Waals surface area contributed by atoms with Crippen molar-refractivity contribution < 1.29 is 29.3 Å². The number of nitrogens with zero attached hydrogens (tertiary/aromatic N) is 3. The van der Waals surface area contributed by atoms with Crippen LogP contribution in [0, 0.1) is 13.8 Å². The maximum Gasteiger partial charge on any atom is 0.350 e. The van der Waals surface area contributed by atoms with Gasteiger partial charge in [-0.1, -0.05) is 48.5 Å². The van der Waals surface area contributed by atoms with Crippen molar-refractivity contribution in [2.24, 2.45) is 10.7 Å². The Bertz CT molecular complexity index is 1260. The molecule has 37 heavy (non-hydrogen) atoms. The predicted molar refractivity (Wildman–Crippen MR) is 136 cm³/mol. The molecule has 1 unspecified atom stereocenters. The summed E-state index contributed by atoms with van der Waals surface area (Å²) in [7, 11) is 0. The molecule has 0 aliphatic carbocycles. The Morgan fingerprint density at radius 1 is 1.11 bits per heavy atom. The van der Waals surface area contributed by atoms with E-state index in [9.17, 15) is 24.6 Å². The van der Waals surface area contributed by atoms with Crippen molar-refractivity contribution in [3.8, 4) is 0 Å². The highest BCUT2D eigenvalue weighted by atomic mass is 16.5. The smallest absolute Gasteiger partial charge is 0.350 e. The van der Waals surface area contributed by atoms with Gasteiger partial charge < -0.3 is 25.6 Å². The van der Waals surface area contributed by atoms with Crippen LogP contribution in [0.1, 0.15) is 53.4 Å². The van der Waals surface area contributed by atoms with Gasteiger partial charge in [0.2, 0.25) is 5.96 Å². The SMILES string of the molecule is Cc1ccccc1C(=O)[C@]1(O)C[C@H](N2CN(C(C)C)C(N)=NC2=O)O[C@@H]1C(=O)C(O)c1ccccc1C. The third-order valence-corrected chi connectivity index (χ3v) is 7.03. The number of carbonyl (C=O) groups excluding carboxylic acids is 3. The van der Waals surface area contributed by atoms with E-state index in [0.717, 1.165) is 0 Å². The van der Waals surface area contributed by atoms with Crippen LogP contribution in [0.3, 0.4) is 0 Å². The molecule has 4 rings (SSSR count). The monoisotopic (exact) mass is 508 g/mol. The zero-order valence-electron chi connectivity index (χ0n) is 21.3. The van der Waals surface area contributed by atoms with Crippen LogP contribution in [0.25, 0.3) is 0 Å². The minimum atomic E-state index is -2.34. The van der Waals surface area contributed by atoms with Gasteiger partial charge in [-0.3, -0.25) is 14.5 Å². The summed E-state index contributed by atoms with van der Waals surface area (Å²) in [5, 5.41) is 22.8. The van der Waals surface area contributed by atoms with Gasteiger partial charge in [0.25, 0.3) is 0 Å². The van der Waals surface area contributed by atoms with Crippen molar-refractivity contribution >= 4 is 23.6 Å². The summed E-state index contributed by atoms with van der Waals surface area (Å²) in [6.45, 7) is 7.19. The van der Waals surface area contributed by atoms with Gasteiger partial charge in [-0.15, -0.1) is 0 Å². The molecule has 10 nitrogen and oxygen atoms in total. The second kappa shape index (κ2) is 10.0. The topological polar surface area (TPSA) is 146 Å². The van der Waals surface area contributed by atoms with Crippen molar-refractivity contribution in [1.82, 2.24) is 9.80 Å². The number of benzene rings is 2. The summed E-state index contributed by atoms with van der Waals surface area (Å²) in [5.74, 6) is -1.56. The molecular formula is C27H32N4O6. The Hall–Kier alpha value is -3.60. The molecule has 2 amide bonds. The number of aryl methyl sites for hydroxylation is 2. The van der Waals surface area contributed by atoms with Gasteiger partial charge in [-0.2, -0.15) is 4.99 Å². The van der Waals surface area contributed by atoms with Gasteiger partial charge in [-0.05, 0) is 44.4 Å². The fourth-order valence-corrected chi connectivity index (χ4v) is 4.81. The number of nitrogens with two attached hydrogens (primary N) is 1. The highest BCUT2D eigenvalue weighted by Gasteiger charge is 2.59. The van der Waals surface area contributed by atoms with E-state index in [1.54, 1.807) is 67.3 Å². The second-order valence-corrected chi connectivity index (χ2v) is 9.83. The largest absolute Gasteiger partial charge is 0.380 e. The van der Waals surface area contributed by atoms with E-state index in [1.807, 2.05) is 13.8 Å². The molecule has 2 heterocycles. The predicted octanol–water partition coefficient (Wildman–Crippen LogP) is 2.05. The number of aliphatic imine (C=N–C) groups is 1. The molecular weight excluding hydrogens is 476 g/mol. The lowest BCUT2D eigenvalue weighted by molar-refractivity contribution is -0.149. The van der Waals surface area contributed by atoms with Crippen LogP contribution >= 0.6 is 0 Å². The van der Waals surface area contributed by atoms with Crippen LogP contribution in [0.2, 0.25) is 0 Å². The number of ketones is 2. The minimum absolute atomic E-state index is 0.00755. The number of amides is 2. The highest BCUT2D eigenvalue weighted by Crippen LogP contribution is 2.39. The lowest BCUT2D eigenvalue weighted by atomic mass is 9.81. The number of urea groups is 1. The summed E-state index contributed by atoms with van der Waals surface area (Å²) in [5.41, 5.74) is 5.39. The van der Waals surface area contributed by atoms with Crippen LogP contribution < -0.4 is 5.73 Å². The molecule has 2 aromatic rings. The fraction of sp³-hybridized carbons (Fsp3) is 0.407. The van der Waals surface area contributed by atoms with Crippen molar-refractivity contribution in [2.75, 3.05) is 6.67 Å². The summed E-state index contributed by atoms with van der Waals surface area (Å²) in [6.07, 6.45) is -4.94. The Morgan fingerprint density at radius 2 is 1.73 bits per heavy atom. The molecule has 0 saturated carbocycles. The molecule has 2 aliphatic heterocycles. The Morgan fingerprint density at radius 3 is 2.35 bits per heavy atom. The summed E-state index contributed by atoms with van der Waals surface area (Å²) in [6, 6.07) is 12.7. The first kappa shape index (κ1) is 26.5. The Labute approximate surface area is 215 Å². The normalized spacial score (nSPS) is 24.8. The number of rotatable bonds is 7. The molecule has 0 radical (unpaired) electrons. The number of aliphatic hydroxyl groups is 2. The number of hydrogen-bond donors (Lipinski definition) is 3. The molecule has 196 valence electrons. The van der Waals surface area contributed by atoms with E-state index >= 15 is 0 Å². The molecule has 0 bridgehead atoms. The first-order chi connectivity index (χ1) is 17.5. The fourth-order valence-electron chi connectivity index (χ4n) is 4.81. The number of Topliss-reactive ketones (excluding diaryl/α,β-unsaturated/α-hetero) is 2. The van der Waals surface area contributed by atoms with Gasteiger partial charge in [0, 0.05) is 18.0 Å². The quantitative estimate of drug-likeness (QED) is 0.482. The molecule has 2 aromatic carbocycles. The standard InChI is InChI=1S/C27H32N4O6/c1-15(2)30-14-31(26(35)29-25(30)28)20-13-27(36,23(34)19-12-8-6-10-17(19)4)24(37-20)22(33)21(32)18-11-7-5-9-16(18)3/h5-12,15,20-21,24,32,36H,13-14H2,1-4H3,(H2,28,29,35)/t20-,21?,24-,27-/m1/s1. The first-order valence-corrected chi connectivity index (χ1v) is 12.1. The molecule has 1 fully saturated rings. The molecule has 0 spiro atoms. The lowest BCUT2D eigenvalue weighted by Crippen LogP contribution is -2.56. The van der Waals surface area contributed by atoms with Crippen molar-refractivity contribution in [1.29, 1.82) is 0 Å². The van der Waals surface area contributed by atoms with Gasteiger partial charge in [0.1, 0.15) is 19.0 Å². The number of ether oxygens (including phenoxy) is 1. The van der Waals surface area contributed by atoms with E-state index < -0.39 is 41.6 Å². The van der Waals surface area contributed by atoms with Crippen molar-refractivity contribution in [2.45, 2.75) is 64.2 Å². The molecule has 4 atom stereocenters. The number of aliphatic hydroxyl groups excluding tert-OH is 1. The summed E-state index contributed by atoms with van der Waals surface area (Å²) in [4.78, 5) is 46.9. The van der Waals surface area contributed by atoms with Gasteiger partial charge in [-0.25, -0.2) is 4.79 Å². The van der Waals surface area contributed by atoms with Gasteiger partial charge in [0.05, 0.1) is 0 Å². The van der Waals surface area contributed by atoms with Crippen LogP contribution in [0.4, 0.5) is 4.79 Å². The van der Waals surface area contributed by atoms with Crippen molar-refractivity contribution in [3.63, 3.8) is 0 Å². The number of carbonyl (C=O) groups is 3. The molecule has 4 N–H and O–H groups in total. The minimum Gasteiger partial charge on any atom is -0.380 e. The van der Waals surface area contributed by atoms with Crippen LogP contribution in [-0.2, 0) is 9.53 Å². The molecule has 0 aromatic heterocycles. The maximum atomic E-state index is 13.7. The van der Waals surface area contributed by atoms with Crippen LogP contribution in [0.5, 0.6) is 0 Å². The van der Waals surface area contributed by atoms with E-state index in [4.69, 9.17) is 10.5 Å². The molecule has 1 saturated heterocycles. The van der Waals surface area contributed by atoms with E-state index in [-0.39, 0.29) is 30.7 Å². The average Bonchev–Trinajstić information content (AvgIpc) is 3.21. The number of hydrogen-bond acceptors (Lipinski definition) is 8. The zero-order valence-corrected chi connectivity index (χ0v) is 21.3. The third kappa shape index (κ3) is 4.75. The van der Waals surface area contributed by atoms with E-state index in [2.05, 4.69) is 4.99 Å². The van der Waals surface area contributed by atoms with Gasteiger partial charge >= 0.3 is 6.03 Å². The number of guanidine groups is 1. The molecule has 2 aliphatic rings. The first-order valence-electron chi connectivity index (χ1n) is 12.1. The van der Waals surface area contributed by atoms with Crippen LogP contribution in [0.15, 0.2) is 53.5 Å². The second-order valence-electron chi connectivity index (χ2n) is 9.83. The third-order valence-electron chi connectivity index (χ3n) is 7.03. The molecule has 10 heteroatoms. The Kier molecular flexibility index (Phi) is 7.18. The van der Waals surface area contributed by atoms with Gasteiger partial charge in [0.15, 0.2) is 23.3 Å². The van der Waals surface area contributed by atoms with E-state index in [1.165, 1.54) is 4.90 Å². The summed E-state index contributed by atoms with van der Waals surface area (Å²) >= 11 is 0. The van der Waals surface area contributed by atoms with Crippen molar-refractivity contribution in [3.05, 3.63) is 70.8 Å². The highest BCUT2D eigenvalue weighted by molar-refractivity contribution is 6.08. The van der Waals surface area contributed by atoms with E-state index in [0.29, 0.717) is 16.7 Å². The average molecular weight is 509 g/mol.